The van der Waals surface area contributed by atoms with E-state index in [4.69, 9.17) is 0 Å². The van der Waals surface area contributed by atoms with Gasteiger partial charge >= 0.3 is 0 Å². The first-order valence-electron chi connectivity index (χ1n) is 9.56. The molecule has 0 saturated carbocycles. The lowest BCUT2D eigenvalue weighted by molar-refractivity contribution is -0.120. The monoisotopic (exact) mass is 382 g/mol. The molecular weight excluding hydrogens is 360 g/mol. The molecule has 0 fully saturated rings. The molecule has 144 valence electrons. The molecule has 4 nitrogen and oxygen atoms in total. The molecule has 0 saturated heterocycles. The molecule has 1 N–H and O–H groups in total. The first kappa shape index (κ1) is 18.7. The highest BCUT2D eigenvalue weighted by molar-refractivity contribution is 6.46. The fourth-order valence-corrected chi connectivity index (χ4v) is 3.47. The summed E-state index contributed by atoms with van der Waals surface area (Å²) in [7, 11) is 0. The number of aryl methyl sites for hydroxylation is 2. The maximum absolute atomic E-state index is 13.4. The van der Waals surface area contributed by atoms with Crippen LogP contribution in [-0.2, 0) is 9.59 Å². The number of carbonyl (C=O) groups is 2. The van der Waals surface area contributed by atoms with Crippen molar-refractivity contribution in [1.29, 1.82) is 0 Å². The van der Waals surface area contributed by atoms with E-state index in [1.54, 1.807) is 12.1 Å². The van der Waals surface area contributed by atoms with Crippen molar-refractivity contribution in [3.05, 3.63) is 101 Å². The molecule has 29 heavy (non-hydrogen) atoms. The Kier molecular flexibility index (Phi) is 4.77. The van der Waals surface area contributed by atoms with Crippen LogP contribution in [0.3, 0.4) is 0 Å². The summed E-state index contributed by atoms with van der Waals surface area (Å²) >= 11 is 0. The molecule has 3 aromatic carbocycles. The summed E-state index contributed by atoms with van der Waals surface area (Å²) in [5, 5.41) is 3.26. The summed E-state index contributed by atoms with van der Waals surface area (Å²) in [4.78, 5) is 28.0. The van der Waals surface area contributed by atoms with Crippen molar-refractivity contribution in [3.63, 3.8) is 0 Å². The minimum atomic E-state index is -0.349. The van der Waals surface area contributed by atoms with Gasteiger partial charge < -0.3 is 5.32 Å². The zero-order valence-electron chi connectivity index (χ0n) is 16.7. The minimum absolute atomic E-state index is 0.301. The lowest BCUT2D eigenvalue weighted by Gasteiger charge is -2.16. The van der Waals surface area contributed by atoms with Gasteiger partial charge in [0.15, 0.2) is 0 Å². The summed E-state index contributed by atoms with van der Waals surface area (Å²) < 4.78 is 0. The Morgan fingerprint density at radius 1 is 0.724 bits per heavy atom. The Morgan fingerprint density at radius 3 is 2.10 bits per heavy atom. The maximum atomic E-state index is 13.4. The smallest absolute Gasteiger partial charge is 0.282 e. The van der Waals surface area contributed by atoms with Gasteiger partial charge in [-0.25, -0.2) is 4.90 Å². The summed E-state index contributed by atoms with van der Waals surface area (Å²) in [5.74, 6) is -0.670. The Labute approximate surface area is 170 Å². The van der Waals surface area contributed by atoms with E-state index in [0.717, 1.165) is 22.4 Å². The van der Waals surface area contributed by atoms with Crippen molar-refractivity contribution < 1.29 is 9.59 Å². The molecule has 0 aliphatic carbocycles. The number of nitrogens with one attached hydrogen (secondary N) is 1. The minimum Gasteiger partial charge on any atom is -0.350 e. The summed E-state index contributed by atoms with van der Waals surface area (Å²) in [5.41, 5.74) is 6.02. The lowest BCUT2D eigenvalue weighted by Crippen LogP contribution is -2.32. The number of amides is 2. The zero-order chi connectivity index (χ0) is 20.5. The van der Waals surface area contributed by atoms with Gasteiger partial charge in [0.25, 0.3) is 11.8 Å². The van der Waals surface area contributed by atoms with Crippen molar-refractivity contribution >= 4 is 28.8 Å². The molecule has 2 amide bonds. The van der Waals surface area contributed by atoms with E-state index in [-0.39, 0.29) is 11.8 Å². The van der Waals surface area contributed by atoms with Gasteiger partial charge in [0, 0.05) is 5.69 Å². The molecule has 4 heteroatoms. The van der Waals surface area contributed by atoms with Gasteiger partial charge in [0.1, 0.15) is 5.70 Å². The number of hydrogen-bond donors (Lipinski definition) is 1. The molecule has 0 radical (unpaired) electrons. The Hall–Kier alpha value is -3.66. The second kappa shape index (κ2) is 7.40. The molecule has 0 atom stereocenters. The third-order valence-corrected chi connectivity index (χ3v) is 5.30. The SMILES string of the molecule is Cc1ccc(N2C(=O)C(Nc3cccc(C)c3C)=C(c3ccccc3)C2=O)cc1. The van der Waals surface area contributed by atoms with Gasteiger partial charge in [-0.05, 0) is 55.7 Å². The average Bonchev–Trinajstić information content (AvgIpc) is 2.96. The molecule has 1 heterocycles. The molecule has 1 aliphatic heterocycles. The van der Waals surface area contributed by atoms with Crippen LogP contribution in [0.1, 0.15) is 22.3 Å². The highest BCUT2D eigenvalue weighted by atomic mass is 16.2. The Morgan fingerprint density at radius 2 is 1.41 bits per heavy atom. The Bertz CT molecular complexity index is 1130. The van der Waals surface area contributed by atoms with Gasteiger partial charge in [-0.1, -0.05) is 60.2 Å². The largest absolute Gasteiger partial charge is 0.350 e. The van der Waals surface area contributed by atoms with E-state index in [2.05, 4.69) is 5.32 Å². The third-order valence-electron chi connectivity index (χ3n) is 5.30. The predicted octanol–water partition coefficient (Wildman–Crippen LogP) is 5.01. The van der Waals surface area contributed by atoms with Crippen molar-refractivity contribution in [2.45, 2.75) is 20.8 Å². The first-order chi connectivity index (χ1) is 14.0. The fourth-order valence-electron chi connectivity index (χ4n) is 3.47. The van der Waals surface area contributed by atoms with Gasteiger partial charge in [-0.15, -0.1) is 0 Å². The second-order valence-electron chi connectivity index (χ2n) is 7.27. The fraction of sp³-hybridized carbons (Fsp3) is 0.120. The van der Waals surface area contributed by atoms with Crippen LogP contribution in [-0.4, -0.2) is 11.8 Å². The van der Waals surface area contributed by atoms with Crippen LogP contribution in [0.2, 0.25) is 0 Å². The van der Waals surface area contributed by atoms with Gasteiger partial charge in [0.2, 0.25) is 0 Å². The number of rotatable bonds is 4. The molecule has 0 spiro atoms. The van der Waals surface area contributed by atoms with E-state index in [1.165, 1.54) is 4.90 Å². The molecule has 0 bridgehead atoms. The van der Waals surface area contributed by atoms with Crippen LogP contribution >= 0.6 is 0 Å². The van der Waals surface area contributed by atoms with Gasteiger partial charge in [-0.3, -0.25) is 9.59 Å². The van der Waals surface area contributed by atoms with Crippen molar-refractivity contribution in [2.75, 3.05) is 10.2 Å². The van der Waals surface area contributed by atoms with Crippen molar-refractivity contribution in [2.24, 2.45) is 0 Å². The number of imide groups is 1. The summed E-state index contributed by atoms with van der Waals surface area (Å²) in [6.45, 7) is 5.99. The standard InChI is InChI=1S/C25H22N2O2/c1-16-12-14-20(15-13-16)27-24(28)22(19-9-5-4-6-10-19)23(25(27)29)26-21-11-7-8-17(2)18(21)3/h4-15,26H,1-3H3. The highest BCUT2D eigenvalue weighted by Gasteiger charge is 2.40. The van der Waals surface area contributed by atoms with E-state index in [0.29, 0.717) is 22.5 Å². The predicted molar refractivity (Wildman–Crippen MR) is 117 cm³/mol. The second-order valence-corrected chi connectivity index (χ2v) is 7.27. The quantitative estimate of drug-likeness (QED) is 0.646. The van der Waals surface area contributed by atoms with Crippen LogP contribution in [0.15, 0.2) is 78.5 Å². The molecule has 0 aromatic heterocycles. The normalized spacial score (nSPS) is 14.0. The van der Waals surface area contributed by atoms with Gasteiger partial charge in [0.05, 0.1) is 11.3 Å². The van der Waals surface area contributed by atoms with E-state index in [9.17, 15) is 9.59 Å². The van der Waals surface area contributed by atoms with E-state index in [1.807, 2.05) is 81.4 Å². The van der Waals surface area contributed by atoms with Crippen LogP contribution in [0.5, 0.6) is 0 Å². The van der Waals surface area contributed by atoms with E-state index < -0.39 is 0 Å². The topological polar surface area (TPSA) is 49.4 Å². The molecule has 1 aliphatic rings. The van der Waals surface area contributed by atoms with Crippen molar-refractivity contribution in [3.8, 4) is 0 Å². The molecule has 4 rings (SSSR count). The number of benzene rings is 3. The summed E-state index contributed by atoms with van der Waals surface area (Å²) in [6, 6.07) is 22.6. The summed E-state index contributed by atoms with van der Waals surface area (Å²) in [6.07, 6.45) is 0. The van der Waals surface area contributed by atoms with Crippen LogP contribution < -0.4 is 10.2 Å². The van der Waals surface area contributed by atoms with Gasteiger partial charge in [-0.2, -0.15) is 0 Å². The van der Waals surface area contributed by atoms with E-state index >= 15 is 0 Å². The number of anilines is 2. The van der Waals surface area contributed by atoms with Crippen LogP contribution in [0.25, 0.3) is 5.57 Å². The lowest BCUT2D eigenvalue weighted by atomic mass is 10.0. The van der Waals surface area contributed by atoms with Crippen molar-refractivity contribution in [1.82, 2.24) is 0 Å². The van der Waals surface area contributed by atoms with Crippen LogP contribution in [0.4, 0.5) is 11.4 Å². The number of carbonyl (C=O) groups excluding carboxylic acids is 2. The number of hydrogen-bond acceptors (Lipinski definition) is 3. The molecule has 0 unspecified atom stereocenters. The average molecular weight is 382 g/mol. The zero-order valence-corrected chi connectivity index (χ0v) is 16.7. The first-order valence-corrected chi connectivity index (χ1v) is 9.56. The third kappa shape index (κ3) is 3.34. The highest BCUT2D eigenvalue weighted by Crippen LogP contribution is 2.34. The molecular formula is C25H22N2O2. The molecule has 3 aromatic rings. The maximum Gasteiger partial charge on any atom is 0.282 e. The Balaban J connectivity index is 1.84. The number of nitrogens with zero attached hydrogens (tertiary/aromatic N) is 1. The van der Waals surface area contributed by atoms with Crippen LogP contribution in [0, 0.1) is 20.8 Å².